The highest BCUT2D eigenvalue weighted by Crippen LogP contribution is 2.11. The number of carboxylic acids is 1. The van der Waals surface area contributed by atoms with Gasteiger partial charge >= 0.3 is 5.97 Å². The highest BCUT2D eigenvalue weighted by atomic mass is 16.5. The van der Waals surface area contributed by atoms with E-state index in [0.29, 0.717) is 12.4 Å². The van der Waals surface area contributed by atoms with Gasteiger partial charge in [-0.2, -0.15) is 0 Å². The molecule has 0 amide bonds. The van der Waals surface area contributed by atoms with E-state index >= 15 is 0 Å². The van der Waals surface area contributed by atoms with Crippen molar-refractivity contribution < 1.29 is 14.6 Å². The largest absolute Gasteiger partial charge is 0.475 e. The summed E-state index contributed by atoms with van der Waals surface area (Å²) < 4.78 is 6.52. The second-order valence-corrected chi connectivity index (χ2v) is 3.80. The molecule has 6 heteroatoms. The number of carbonyl (C=O) groups is 1. The van der Waals surface area contributed by atoms with E-state index in [1.807, 2.05) is 24.3 Å². The average molecular weight is 247 g/mol. The van der Waals surface area contributed by atoms with Crippen LogP contribution in [0.3, 0.4) is 0 Å². The standard InChI is InChI=1S/C12H13N3O3/c1-8-13-11(12(16)17)14-15(8)10-5-3-9(4-6-10)7-18-2/h3-6H,7H2,1-2H3,(H,16,17). The monoisotopic (exact) mass is 247 g/mol. The molecule has 0 saturated carbocycles. The topological polar surface area (TPSA) is 77.2 Å². The molecule has 1 aromatic heterocycles. The van der Waals surface area contributed by atoms with E-state index in [0.717, 1.165) is 11.3 Å². The van der Waals surface area contributed by atoms with Gasteiger partial charge in [0.2, 0.25) is 0 Å². The van der Waals surface area contributed by atoms with Crippen molar-refractivity contribution in [1.82, 2.24) is 14.8 Å². The van der Waals surface area contributed by atoms with Gasteiger partial charge in [-0.15, -0.1) is 5.10 Å². The van der Waals surface area contributed by atoms with Crippen molar-refractivity contribution in [3.05, 3.63) is 41.5 Å². The Morgan fingerprint density at radius 2 is 2.06 bits per heavy atom. The normalized spacial score (nSPS) is 10.6. The molecule has 0 radical (unpaired) electrons. The van der Waals surface area contributed by atoms with Crippen molar-refractivity contribution in [3.8, 4) is 5.69 Å². The quantitative estimate of drug-likeness (QED) is 0.884. The van der Waals surface area contributed by atoms with Crippen LogP contribution in [0.2, 0.25) is 0 Å². The van der Waals surface area contributed by atoms with Gasteiger partial charge < -0.3 is 9.84 Å². The van der Waals surface area contributed by atoms with Gasteiger partial charge in [-0.25, -0.2) is 14.5 Å². The van der Waals surface area contributed by atoms with Crippen molar-refractivity contribution in [2.75, 3.05) is 7.11 Å². The van der Waals surface area contributed by atoms with Crippen molar-refractivity contribution in [1.29, 1.82) is 0 Å². The number of ether oxygens (including phenoxy) is 1. The first kappa shape index (κ1) is 12.3. The molecule has 0 spiro atoms. The molecule has 0 unspecified atom stereocenters. The van der Waals surface area contributed by atoms with Crippen LogP contribution in [-0.2, 0) is 11.3 Å². The number of aromatic nitrogens is 3. The van der Waals surface area contributed by atoms with E-state index < -0.39 is 5.97 Å². The summed E-state index contributed by atoms with van der Waals surface area (Å²) >= 11 is 0. The molecule has 1 N–H and O–H groups in total. The molecule has 0 saturated heterocycles. The Bertz CT molecular complexity index is 560. The minimum atomic E-state index is -1.13. The fourth-order valence-electron chi connectivity index (χ4n) is 1.63. The minimum Gasteiger partial charge on any atom is -0.475 e. The predicted molar refractivity (Wildman–Crippen MR) is 63.8 cm³/mol. The fraction of sp³-hybridized carbons (Fsp3) is 0.250. The van der Waals surface area contributed by atoms with Gasteiger partial charge in [-0.05, 0) is 24.6 Å². The Kier molecular flexibility index (Phi) is 3.38. The molecular formula is C12H13N3O3. The van der Waals surface area contributed by atoms with Gasteiger partial charge in [0.25, 0.3) is 5.82 Å². The van der Waals surface area contributed by atoms with Crippen LogP contribution in [0.15, 0.2) is 24.3 Å². The van der Waals surface area contributed by atoms with Crippen LogP contribution in [-0.4, -0.2) is 33.0 Å². The Morgan fingerprint density at radius 1 is 1.39 bits per heavy atom. The predicted octanol–water partition coefficient (Wildman–Crippen LogP) is 1.42. The van der Waals surface area contributed by atoms with E-state index in [-0.39, 0.29) is 5.82 Å². The molecule has 1 aromatic carbocycles. The first-order chi connectivity index (χ1) is 8.61. The molecule has 94 valence electrons. The molecule has 6 nitrogen and oxygen atoms in total. The average Bonchev–Trinajstić information content (AvgIpc) is 2.73. The van der Waals surface area contributed by atoms with Crippen LogP contribution in [0.25, 0.3) is 5.69 Å². The minimum absolute atomic E-state index is 0.200. The highest BCUT2D eigenvalue weighted by molar-refractivity contribution is 5.83. The van der Waals surface area contributed by atoms with Crippen LogP contribution >= 0.6 is 0 Å². The molecule has 0 aliphatic rings. The number of carboxylic acid groups (broad SMARTS) is 1. The van der Waals surface area contributed by atoms with Gasteiger partial charge in [0.15, 0.2) is 0 Å². The number of aryl methyl sites for hydroxylation is 1. The maximum Gasteiger partial charge on any atom is 0.375 e. The van der Waals surface area contributed by atoms with Gasteiger partial charge in [0.05, 0.1) is 12.3 Å². The first-order valence-electron chi connectivity index (χ1n) is 5.37. The second-order valence-electron chi connectivity index (χ2n) is 3.80. The molecule has 2 rings (SSSR count). The van der Waals surface area contributed by atoms with E-state index in [9.17, 15) is 4.79 Å². The maximum atomic E-state index is 10.8. The molecule has 18 heavy (non-hydrogen) atoms. The number of benzene rings is 1. The zero-order chi connectivity index (χ0) is 13.1. The molecular weight excluding hydrogens is 234 g/mol. The maximum absolute atomic E-state index is 10.8. The summed E-state index contributed by atoms with van der Waals surface area (Å²) in [5.41, 5.74) is 1.81. The third-order valence-corrected chi connectivity index (χ3v) is 2.45. The lowest BCUT2D eigenvalue weighted by molar-refractivity contribution is 0.0683. The Hall–Kier alpha value is -2.21. The summed E-state index contributed by atoms with van der Waals surface area (Å²) in [5, 5.41) is 12.8. The summed E-state index contributed by atoms with van der Waals surface area (Å²) in [6.45, 7) is 2.25. The fourth-order valence-corrected chi connectivity index (χ4v) is 1.63. The van der Waals surface area contributed by atoms with E-state index in [1.165, 1.54) is 4.68 Å². The van der Waals surface area contributed by atoms with Crippen molar-refractivity contribution >= 4 is 5.97 Å². The van der Waals surface area contributed by atoms with Crippen LogP contribution in [0.4, 0.5) is 0 Å². The van der Waals surface area contributed by atoms with Crippen molar-refractivity contribution in [3.63, 3.8) is 0 Å². The summed E-state index contributed by atoms with van der Waals surface area (Å²) in [5.74, 6) is -0.798. The number of nitrogens with zero attached hydrogens (tertiary/aromatic N) is 3. The second kappa shape index (κ2) is 4.97. The van der Waals surface area contributed by atoms with Gasteiger partial charge in [0.1, 0.15) is 5.82 Å². The lowest BCUT2D eigenvalue weighted by atomic mass is 10.2. The van der Waals surface area contributed by atoms with Crippen molar-refractivity contribution in [2.24, 2.45) is 0 Å². The Morgan fingerprint density at radius 3 is 2.56 bits per heavy atom. The number of hydrogen-bond acceptors (Lipinski definition) is 4. The highest BCUT2D eigenvalue weighted by Gasteiger charge is 2.13. The molecule has 0 aliphatic heterocycles. The van der Waals surface area contributed by atoms with Gasteiger partial charge in [0, 0.05) is 7.11 Å². The van der Waals surface area contributed by atoms with E-state index in [1.54, 1.807) is 14.0 Å². The third-order valence-electron chi connectivity index (χ3n) is 2.45. The summed E-state index contributed by atoms with van der Waals surface area (Å²) in [6.07, 6.45) is 0. The Balaban J connectivity index is 2.33. The zero-order valence-corrected chi connectivity index (χ0v) is 10.1. The lowest BCUT2D eigenvalue weighted by Crippen LogP contribution is -2.02. The molecule has 0 bridgehead atoms. The van der Waals surface area contributed by atoms with E-state index in [2.05, 4.69) is 10.1 Å². The number of aromatic carboxylic acids is 1. The van der Waals surface area contributed by atoms with Crippen LogP contribution in [0, 0.1) is 6.92 Å². The summed E-state index contributed by atoms with van der Waals surface area (Å²) in [4.78, 5) is 14.7. The van der Waals surface area contributed by atoms with E-state index in [4.69, 9.17) is 9.84 Å². The first-order valence-corrected chi connectivity index (χ1v) is 5.37. The molecule has 2 aromatic rings. The molecule has 0 fully saturated rings. The smallest absolute Gasteiger partial charge is 0.375 e. The summed E-state index contributed by atoms with van der Waals surface area (Å²) in [6, 6.07) is 7.50. The Labute approximate surface area is 104 Å². The van der Waals surface area contributed by atoms with Crippen LogP contribution in [0.1, 0.15) is 22.0 Å². The number of methoxy groups -OCH3 is 1. The molecule has 1 heterocycles. The number of rotatable bonds is 4. The SMILES string of the molecule is COCc1ccc(-n2nc(C(=O)O)nc2C)cc1. The lowest BCUT2D eigenvalue weighted by Gasteiger charge is -2.04. The van der Waals surface area contributed by atoms with Crippen LogP contribution in [0.5, 0.6) is 0 Å². The summed E-state index contributed by atoms with van der Waals surface area (Å²) in [7, 11) is 1.63. The van der Waals surface area contributed by atoms with Gasteiger partial charge in [-0.3, -0.25) is 0 Å². The van der Waals surface area contributed by atoms with Crippen LogP contribution < -0.4 is 0 Å². The van der Waals surface area contributed by atoms with Gasteiger partial charge in [-0.1, -0.05) is 12.1 Å². The molecule has 0 atom stereocenters. The zero-order valence-electron chi connectivity index (χ0n) is 10.1. The number of hydrogen-bond donors (Lipinski definition) is 1. The third kappa shape index (κ3) is 2.38. The van der Waals surface area contributed by atoms with Crippen molar-refractivity contribution in [2.45, 2.75) is 13.5 Å². The molecule has 0 aliphatic carbocycles.